The summed E-state index contributed by atoms with van der Waals surface area (Å²) in [5.41, 5.74) is 5.72. The highest BCUT2D eigenvalue weighted by Crippen LogP contribution is 2.28. The van der Waals surface area contributed by atoms with E-state index in [4.69, 9.17) is 5.73 Å². The quantitative estimate of drug-likeness (QED) is 0.650. The van der Waals surface area contributed by atoms with Crippen molar-refractivity contribution in [3.05, 3.63) is 48.3 Å². The number of nitrogens with two attached hydrogens (primary N) is 1. The summed E-state index contributed by atoms with van der Waals surface area (Å²) >= 11 is 1.48. The lowest BCUT2D eigenvalue weighted by atomic mass is 9.91. The van der Waals surface area contributed by atoms with Crippen LogP contribution in [0.25, 0.3) is 0 Å². The number of hydrogen-bond donors (Lipinski definition) is 3. The first kappa shape index (κ1) is 15.6. The molecule has 1 aromatic heterocycles. The van der Waals surface area contributed by atoms with Gasteiger partial charge in [0.25, 0.3) is 0 Å². The highest BCUT2D eigenvalue weighted by atomic mass is 32.2. The van der Waals surface area contributed by atoms with E-state index in [9.17, 15) is 4.79 Å². The fourth-order valence-corrected chi connectivity index (χ4v) is 3.16. The van der Waals surface area contributed by atoms with E-state index in [2.05, 4.69) is 22.2 Å². The molecule has 0 saturated heterocycles. The number of thioether (sulfide) groups is 1. The molecule has 0 aliphatic rings. The normalized spacial score (nSPS) is 13.8. The monoisotopic (exact) mass is 304 g/mol. The Bertz CT molecular complexity index is 558. The third-order valence-electron chi connectivity index (χ3n) is 3.26. The number of imidazole rings is 1. The largest absolute Gasteiger partial charge is 0.368 e. The number of carbonyl (C=O) groups excluding carboxylic acids is 1. The standard InChI is InChI=1S/C15H20N4OS/c1-2-8-19-15(13(16)20,12-6-4-3-5-7-12)11-21-14-17-9-10-18-14/h3-7,9-10,19H,2,8,11H2,1H3,(H2,16,20)(H,17,18). The number of carbonyl (C=O) groups is 1. The van der Waals surface area contributed by atoms with E-state index in [1.54, 1.807) is 12.4 Å². The van der Waals surface area contributed by atoms with Crippen molar-refractivity contribution in [1.29, 1.82) is 0 Å². The topological polar surface area (TPSA) is 83.8 Å². The summed E-state index contributed by atoms with van der Waals surface area (Å²) in [6.07, 6.45) is 4.37. The highest BCUT2D eigenvalue weighted by molar-refractivity contribution is 7.99. The zero-order valence-electron chi connectivity index (χ0n) is 12.0. The molecule has 0 spiro atoms. The molecule has 1 unspecified atom stereocenters. The summed E-state index contributed by atoms with van der Waals surface area (Å²) in [5.74, 6) is 0.112. The zero-order valence-corrected chi connectivity index (χ0v) is 12.8. The summed E-state index contributed by atoms with van der Waals surface area (Å²) in [7, 11) is 0. The predicted molar refractivity (Wildman–Crippen MR) is 84.9 cm³/mol. The number of hydrogen-bond acceptors (Lipinski definition) is 4. The number of H-pyrrole nitrogens is 1. The van der Waals surface area contributed by atoms with Crippen LogP contribution in [0.3, 0.4) is 0 Å². The second-order valence-corrected chi connectivity index (χ2v) is 5.71. The fourth-order valence-electron chi connectivity index (χ4n) is 2.10. The Balaban J connectivity index is 2.28. The van der Waals surface area contributed by atoms with Crippen molar-refractivity contribution in [2.45, 2.75) is 24.0 Å². The fraction of sp³-hybridized carbons (Fsp3) is 0.333. The maximum atomic E-state index is 12.2. The van der Waals surface area contributed by atoms with Crippen molar-refractivity contribution in [2.75, 3.05) is 12.3 Å². The van der Waals surface area contributed by atoms with Crippen LogP contribution in [0.5, 0.6) is 0 Å². The average Bonchev–Trinajstić information content (AvgIpc) is 3.02. The van der Waals surface area contributed by atoms with E-state index in [-0.39, 0.29) is 5.91 Å². The molecule has 0 fully saturated rings. The first-order valence-corrected chi connectivity index (χ1v) is 7.90. The summed E-state index contributed by atoms with van der Waals surface area (Å²) < 4.78 is 0. The molecule has 0 bridgehead atoms. The van der Waals surface area contributed by atoms with Gasteiger partial charge < -0.3 is 10.7 Å². The van der Waals surface area contributed by atoms with Gasteiger partial charge in [-0.05, 0) is 18.5 Å². The molecule has 1 atom stereocenters. The molecule has 1 amide bonds. The Hall–Kier alpha value is -1.79. The van der Waals surface area contributed by atoms with Crippen LogP contribution in [-0.4, -0.2) is 28.2 Å². The third-order valence-corrected chi connectivity index (χ3v) is 4.34. The predicted octanol–water partition coefficient (Wildman–Crippen LogP) is 1.88. The molecule has 2 rings (SSSR count). The molecule has 21 heavy (non-hydrogen) atoms. The van der Waals surface area contributed by atoms with Gasteiger partial charge in [-0.2, -0.15) is 0 Å². The zero-order chi connectivity index (χ0) is 15.1. The molecule has 112 valence electrons. The van der Waals surface area contributed by atoms with Crippen molar-refractivity contribution in [3.63, 3.8) is 0 Å². The van der Waals surface area contributed by atoms with Gasteiger partial charge in [0.15, 0.2) is 5.16 Å². The second kappa shape index (κ2) is 7.28. The van der Waals surface area contributed by atoms with Crippen LogP contribution in [-0.2, 0) is 10.3 Å². The number of aromatic amines is 1. The minimum absolute atomic E-state index is 0.374. The third kappa shape index (κ3) is 3.65. The minimum Gasteiger partial charge on any atom is -0.368 e. The van der Waals surface area contributed by atoms with Crippen LogP contribution in [0.2, 0.25) is 0 Å². The van der Waals surface area contributed by atoms with E-state index in [1.165, 1.54) is 11.8 Å². The average molecular weight is 304 g/mol. The summed E-state index contributed by atoms with van der Waals surface area (Å²) in [6, 6.07) is 9.61. The van der Waals surface area contributed by atoms with Gasteiger partial charge in [0.2, 0.25) is 5.91 Å². The van der Waals surface area contributed by atoms with Crippen molar-refractivity contribution in [2.24, 2.45) is 5.73 Å². The molecule has 2 aromatic rings. The molecule has 0 radical (unpaired) electrons. The number of nitrogens with zero attached hydrogens (tertiary/aromatic N) is 1. The van der Waals surface area contributed by atoms with E-state index in [1.807, 2.05) is 30.3 Å². The lowest BCUT2D eigenvalue weighted by Crippen LogP contribution is -2.55. The molecule has 0 saturated carbocycles. The lowest BCUT2D eigenvalue weighted by Gasteiger charge is -2.32. The summed E-state index contributed by atoms with van der Waals surface area (Å²) in [6.45, 7) is 2.78. The lowest BCUT2D eigenvalue weighted by molar-refractivity contribution is -0.123. The van der Waals surface area contributed by atoms with Gasteiger partial charge in [-0.3, -0.25) is 10.1 Å². The molecule has 1 aromatic carbocycles. The van der Waals surface area contributed by atoms with Gasteiger partial charge in [0, 0.05) is 18.1 Å². The van der Waals surface area contributed by atoms with E-state index < -0.39 is 5.54 Å². The van der Waals surface area contributed by atoms with Gasteiger partial charge in [0.1, 0.15) is 5.54 Å². The summed E-state index contributed by atoms with van der Waals surface area (Å²) in [5, 5.41) is 4.10. The summed E-state index contributed by atoms with van der Waals surface area (Å²) in [4.78, 5) is 19.4. The highest BCUT2D eigenvalue weighted by Gasteiger charge is 2.38. The van der Waals surface area contributed by atoms with Crippen molar-refractivity contribution >= 4 is 17.7 Å². The maximum Gasteiger partial charge on any atom is 0.243 e. The first-order chi connectivity index (χ1) is 10.2. The van der Waals surface area contributed by atoms with Crippen molar-refractivity contribution in [1.82, 2.24) is 15.3 Å². The number of primary amides is 1. The van der Waals surface area contributed by atoms with E-state index in [0.717, 1.165) is 23.7 Å². The Morgan fingerprint density at radius 2 is 2.19 bits per heavy atom. The van der Waals surface area contributed by atoms with Crippen LogP contribution in [0.4, 0.5) is 0 Å². The van der Waals surface area contributed by atoms with E-state index in [0.29, 0.717) is 5.75 Å². The van der Waals surface area contributed by atoms with Crippen LogP contribution in [0, 0.1) is 0 Å². The number of rotatable bonds is 8. The van der Waals surface area contributed by atoms with E-state index >= 15 is 0 Å². The molecule has 0 aliphatic heterocycles. The molecular formula is C15H20N4OS. The molecule has 5 nitrogen and oxygen atoms in total. The minimum atomic E-state index is -0.894. The Labute approximate surface area is 128 Å². The van der Waals surface area contributed by atoms with Crippen molar-refractivity contribution < 1.29 is 4.79 Å². The first-order valence-electron chi connectivity index (χ1n) is 6.91. The van der Waals surface area contributed by atoms with Gasteiger partial charge >= 0.3 is 0 Å². The van der Waals surface area contributed by atoms with Crippen LogP contribution < -0.4 is 11.1 Å². The van der Waals surface area contributed by atoms with Gasteiger partial charge in [-0.1, -0.05) is 49.0 Å². The molecule has 6 heteroatoms. The van der Waals surface area contributed by atoms with Gasteiger partial charge in [0.05, 0.1) is 0 Å². The van der Waals surface area contributed by atoms with Gasteiger partial charge in [-0.25, -0.2) is 4.98 Å². The van der Waals surface area contributed by atoms with Crippen LogP contribution in [0.15, 0.2) is 47.9 Å². The maximum absolute atomic E-state index is 12.2. The Kier molecular flexibility index (Phi) is 5.41. The van der Waals surface area contributed by atoms with Gasteiger partial charge in [-0.15, -0.1) is 0 Å². The number of amides is 1. The number of benzene rings is 1. The molecule has 1 heterocycles. The van der Waals surface area contributed by atoms with Crippen molar-refractivity contribution in [3.8, 4) is 0 Å². The SMILES string of the molecule is CCCNC(CSc1ncc[nH]1)(C(N)=O)c1ccccc1. The molecule has 0 aliphatic carbocycles. The Morgan fingerprint density at radius 3 is 2.76 bits per heavy atom. The number of nitrogens with one attached hydrogen (secondary N) is 2. The second-order valence-electron chi connectivity index (χ2n) is 4.75. The smallest absolute Gasteiger partial charge is 0.243 e. The molecular weight excluding hydrogens is 284 g/mol. The molecule has 4 N–H and O–H groups in total. The Morgan fingerprint density at radius 1 is 1.43 bits per heavy atom. The van der Waals surface area contributed by atoms with Crippen LogP contribution in [0.1, 0.15) is 18.9 Å². The van der Waals surface area contributed by atoms with Crippen LogP contribution >= 0.6 is 11.8 Å². The number of aromatic nitrogens is 2.